The SMILES string of the molecule is Cc1ccc(C(=O)N2C[C@@]3(C)C[C@H]2CC(C)(C)C3)cc1S(=O)(=O)N1CCCCC1. The third kappa shape index (κ3) is 3.86. The quantitative estimate of drug-likeness (QED) is 0.739. The van der Waals surface area contributed by atoms with Gasteiger partial charge in [-0.2, -0.15) is 4.31 Å². The molecule has 3 aliphatic rings. The maximum atomic E-state index is 13.4. The summed E-state index contributed by atoms with van der Waals surface area (Å²) in [5, 5.41) is 0. The van der Waals surface area contributed by atoms with Gasteiger partial charge in [0, 0.05) is 31.2 Å². The number of fused-ring (bicyclic) bond motifs is 2. The molecule has 2 atom stereocenters. The molecule has 1 amide bonds. The van der Waals surface area contributed by atoms with Gasteiger partial charge in [0.1, 0.15) is 0 Å². The fraction of sp³-hybridized carbons (Fsp3) is 0.696. The van der Waals surface area contributed by atoms with Gasteiger partial charge in [0.15, 0.2) is 0 Å². The van der Waals surface area contributed by atoms with E-state index in [-0.39, 0.29) is 22.8 Å². The first-order chi connectivity index (χ1) is 13.5. The van der Waals surface area contributed by atoms with Crippen molar-refractivity contribution in [2.75, 3.05) is 19.6 Å². The van der Waals surface area contributed by atoms with Crippen molar-refractivity contribution in [1.29, 1.82) is 0 Å². The summed E-state index contributed by atoms with van der Waals surface area (Å²) in [6, 6.07) is 5.46. The molecule has 2 heterocycles. The zero-order valence-corrected chi connectivity index (χ0v) is 19.0. The fourth-order valence-electron chi connectivity index (χ4n) is 6.12. The Morgan fingerprint density at radius 1 is 1.07 bits per heavy atom. The van der Waals surface area contributed by atoms with E-state index in [1.165, 1.54) is 0 Å². The van der Waals surface area contributed by atoms with Crippen molar-refractivity contribution >= 4 is 15.9 Å². The predicted molar refractivity (Wildman–Crippen MR) is 114 cm³/mol. The summed E-state index contributed by atoms with van der Waals surface area (Å²) in [6.07, 6.45) is 6.07. The van der Waals surface area contributed by atoms with Crippen LogP contribution in [0, 0.1) is 17.8 Å². The smallest absolute Gasteiger partial charge is 0.254 e. The molecule has 0 spiro atoms. The lowest BCUT2D eigenvalue weighted by molar-refractivity contribution is 0.0708. The van der Waals surface area contributed by atoms with Gasteiger partial charge in [-0.05, 0) is 67.6 Å². The first-order valence-corrected chi connectivity index (χ1v) is 12.4. The Labute approximate surface area is 175 Å². The molecule has 4 rings (SSSR count). The van der Waals surface area contributed by atoms with Crippen LogP contribution < -0.4 is 0 Å². The number of rotatable bonds is 3. The minimum Gasteiger partial charge on any atom is -0.335 e. The van der Waals surface area contributed by atoms with Crippen LogP contribution in [0.1, 0.15) is 75.2 Å². The van der Waals surface area contributed by atoms with E-state index >= 15 is 0 Å². The first kappa shape index (κ1) is 20.9. The van der Waals surface area contributed by atoms with Gasteiger partial charge in [-0.25, -0.2) is 8.42 Å². The van der Waals surface area contributed by atoms with Gasteiger partial charge in [0.25, 0.3) is 5.91 Å². The Morgan fingerprint density at radius 3 is 2.45 bits per heavy atom. The molecule has 2 saturated heterocycles. The second kappa shape index (κ2) is 7.09. The standard InChI is InChI=1S/C23H34N2O3S/c1-17-8-9-18(12-20(17)29(27,28)24-10-6-5-7-11-24)21(26)25-16-23(4)14-19(25)13-22(2,3)15-23/h8-9,12,19H,5-7,10-11,13-16H2,1-4H3/t19-,23+/m1/s1. The molecule has 1 aromatic carbocycles. The second-order valence-electron chi connectivity index (χ2n) is 10.6. The summed E-state index contributed by atoms with van der Waals surface area (Å²) in [5.41, 5.74) is 1.61. The molecule has 0 unspecified atom stereocenters. The lowest BCUT2D eigenvalue weighted by Crippen LogP contribution is -2.38. The van der Waals surface area contributed by atoms with Crippen molar-refractivity contribution in [3.8, 4) is 0 Å². The largest absolute Gasteiger partial charge is 0.335 e. The Balaban J connectivity index is 1.63. The van der Waals surface area contributed by atoms with Crippen molar-refractivity contribution in [3.05, 3.63) is 29.3 Å². The van der Waals surface area contributed by atoms with Crippen LogP contribution >= 0.6 is 0 Å². The number of benzene rings is 1. The molecule has 29 heavy (non-hydrogen) atoms. The summed E-state index contributed by atoms with van der Waals surface area (Å²) >= 11 is 0. The van der Waals surface area contributed by atoms with E-state index in [9.17, 15) is 13.2 Å². The van der Waals surface area contributed by atoms with Gasteiger partial charge in [-0.1, -0.05) is 33.3 Å². The van der Waals surface area contributed by atoms with Crippen LogP contribution in [0.3, 0.4) is 0 Å². The number of amides is 1. The second-order valence-corrected chi connectivity index (χ2v) is 12.5. The molecule has 1 aliphatic carbocycles. The number of likely N-dealkylation sites (tertiary alicyclic amines) is 1. The monoisotopic (exact) mass is 418 g/mol. The normalized spacial score (nSPS) is 29.8. The summed E-state index contributed by atoms with van der Waals surface area (Å²) in [6.45, 7) is 10.6. The van der Waals surface area contributed by atoms with Crippen LogP contribution in [0.25, 0.3) is 0 Å². The van der Waals surface area contributed by atoms with Crippen LogP contribution in [0.15, 0.2) is 23.1 Å². The van der Waals surface area contributed by atoms with Crippen LogP contribution in [-0.4, -0.2) is 49.2 Å². The average Bonchev–Trinajstić information content (AvgIpc) is 2.90. The lowest BCUT2D eigenvalue weighted by atomic mass is 9.65. The van der Waals surface area contributed by atoms with Gasteiger partial charge >= 0.3 is 0 Å². The van der Waals surface area contributed by atoms with Gasteiger partial charge in [-0.15, -0.1) is 0 Å². The number of nitrogens with zero attached hydrogens (tertiary/aromatic N) is 2. The van der Waals surface area contributed by atoms with Crippen LogP contribution in [0.5, 0.6) is 0 Å². The summed E-state index contributed by atoms with van der Waals surface area (Å²) in [5.74, 6) is -0.0217. The zero-order chi connectivity index (χ0) is 21.0. The minimum atomic E-state index is -3.56. The van der Waals surface area contributed by atoms with Gasteiger partial charge in [0.2, 0.25) is 10.0 Å². The number of hydrogen-bond acceptors (Lipinski definition) is 3. The van der Waals surface area contributed by atoms with Crippen molar-refractivity contribution in [2.24, 2.45) is 10.8 Å². The number of piperidine rings is 1. The molecular formula is C23H34N2O3S. The highest BCUT2D eigenvalue weighted by Crippen LogP contribution is 2.52. The first-order valence-electron chi connectivity index (χ1n) is 10.9. The average molecular weight is 419 g/mol. The zero-order valence-electron chi connectivity index (χ0n) is 18.2. The number of hydrogen-bond donors (Lipinski definition) is 0. The van der Waals surface area contributed by atoms with Gasteiger partial charge in [0.05, 0.1) is 4.90 Å². The Hall–Kier alpha value is -1.40. The van der Waals surface area contributed by atoms with E-state index in [0.717, 1.165) is 45.1 Å². The number of sulfonamides is 1. The number of carbonyl (C=O) groups is 1. The van der Waals surface area contributed by atoms with Crippen molar-refractivity contribution < 1.29 is 13.2 Å². The van der Waals surface area contributed by atoms with Crippen LogP contribution in [0.2, 0.25) is 0 Å². The van der Waals surface area contributed by atoms with Crippen LogP contribution in [-0.2, 0) is 10.0 Å². The topological polar surface area (TPSA) is 57.7 Å². The van der Waals surface area contributed by atoms with Crippen molar-refractivity contribution in [3.63, 3.8) is 0 Å². The summed E-state index contributed by atoms with van der Waals surface area (Å²) in [7, 11) is -3.56. The molecule has 0 aromatic heterocycles. The summed E-state index contributed by atoms with van der Waals surface area (Å²) < 4.78 is 28.0. The maximum Gasteiger partial charge on any atom is 0.254 e. The van der Waals surface area contributed by atoms with E-state index < -0.39 is 10.0 Å². The molecule has 0 radical (unpaired) electrons. The Bertz CT molecular complexity index is 918. The third-order valence-electron chi connectivity index (χ3n) is 7.04. The Kier molecular flexibility index (Phi) is 5.10. The van der Waals surface area contributed by atoms with Gasteiger partial charge in [-0.3, -0.25) is 4.79 Å². The summed E-state index contributed by atoms with van der Waals surface area (Å²) in [4.78, 5) is 15.7. The number of carbonyl (C=O) groups excluding carboxylic acids is 1. The molecule has 3 fully saturated rings. The van der Waals surface area contributed by atoms with Crippen molar-refractivity contribution in [1.82, 2.24) is 9.21 Å². The molecule has 1 aromatic rings. The maximum absolute atomic E-state index is 13.4. The highest BCUT2D eigenvalue weighted by atomic mass is 32.2. The van der Waals surface area contributed by atoms with Gasteiger partial charge < -0.3 is 4.90 Å². The highest BCUT2D eigenvalue weighted by Gasteiger charge is 2.51. The highest BCUT2D eigenvalue weighted by molar-refractivity contribution is 7.89. The number of aryl methyl sites for hydroxylation is 1. The molecule has 5 nitrogen and oxygen atoms in total. The molecule has 2 aliphatic heterocycles. The van der Waals surface area contributed by atoms with Crippen molar-refractivity contribution in [2.45, 2.75) is 77.2 Å². The van der Waals surface area contributed by atoms with Crippen LogP contribution in [0.4, 0.5) is 0 Å². The fourth-order valence-corrected chi connectivity index (χ4v) is 7.89. The Morgan fingerprint density at radius 2 is 1.76 bits per heavy atom. The molecule has 160 valence electrons. The van der Waals surface area contributed by atoms with E-state index in [1.807, 2.05) is 11.8 Å². The molecule has 2 bridgehead atoms. The van der Waals surface area contributed by atoms with E-state index in [4.69, 9.17) is 0 Å². The predicted octanol–water partition coefficient (Wildman–Crippen LogP) is 4.21. The molecular weight excluding hydrogens is 384 g/mol. The minimum absolute atomic E-state index is 0.0217. The van der Waals surface area contributed by atoms with E-state index in [2.05, 4.69) is 20.8 Å². The molecule has 0 N–H and O–H groups in total. The van der Waals surface area contributed by atoms with E-state index in [0.29, 0.717) is 29.1 Å². The third-order valence-corrected chi connectivity index (χ3v) is 9.08. The van der Waals surface area contributed by atoms with E-state index in [1.54, 1.807) is 22.5 Å². The molecule has 6 heteroatoms. The lowest BCUT2D eigenvalue weighted by Gasteiger charge is -2.39. The molecule has 1 saturated carbocycles.